The smallest absolute Gasteiger partial charge is 0.257 e. The lowest BCUT2D eigenvalue weighted by atomic mass is 10.9. The monoisotopic (exact) mass is 312 g/mol. The van der Waals surface area contributed by atoms with Gasteiger partial charge in [-0.1, -0.05) is 0 Å². The minimum absolute atomic E-state index is 0.641. The highest BCUT2D eigenvalue weighted by Crippen LogP contribution is 1.94. The van der Waals surface area contributed by atoms with Gasteiger partial charge >= 0.3 is 20.6 Å². The Morgan fingerprint density at radius 2 is 1.00 bits per heavy atom. The molecule has 17 heavy (non-hydrogen) atoms. The normalized spacial score (nSPS) is 13.8. The topological polar surface area (TPSA) is 173 Å². The van der Waals surface area contributed by atoms with Crippen LogP contribution in [-0.2, 0) is 38.8 Å². The zero-order valence-electron chi connectivity index (χ0n) is 8.47. The zero-order valence-corrected chi connectivity index (χ0v) is 10.9. The molecule has 0 saturated carbocycles. The summed E-state index contributed by atoms with van der Waals surface area (Å²) in [5.74, 6) is -1.28. The Hall–Kier alpha value is -0.310. The van der Waals surface area contributed by atoms with E-state index in [9.17, 15) is 25.3 Å². The molecule has 13 heteroatoms. The third-order valence-electron chi connectivity index (χ3n) is 1.28. The summed E-state index contributed by atoms with van der Waals surface area (Å²) < 4.78 is 71.6. The molecular weight excluding hydrogens is 300 g/mol. The quantitative estimate of drug-likeness (QED) is 0.472. The van der Waals surface area contributed by atoms with Gasteiger partial charge in [-0.3, -0.25) is 8.37 Å². The minimum atomic E-state index is -4.20. The first-order valence-corrected chi connectivity index (χ1v) is 8.72. The molecule has 0 aliphatic rings. The van der Waals surface area contributed by atoms with Crippen molar-refractivity contribution in [3.63, 3.8) is 0 Å². The van der Waals surface area contributed by atoms with Gasteiger partial charge in [0.25, 0.3) is 0 Å². The lowest BCUT2D eigenvalue weighted by molar-refractivity contribution is 0.334. The van der Waals surface area contributed by atoms with E-state index >= 15 is 0 Å². The standard InChI is InChI=1S/C4H12N2O8S3/c5-16(9,10)13-1-3-15(7,8)4-2-14-17(6,11)12/h1-4H2,(H2,5,9,10)(H2,6,11,12). The van der Waals surface area contributed by atoms with Crippen LogP contribution in [-0.4, -0.2) is 50.0 Å². The van der Waals surface area contributed by atoms with E-state index in [1.807, 2.05) is 0 Å². The van der Waals surface area contributed by atoms with Crippen molar-refractivity contribution in [3.05, 3.63) is 0 Å². The SMILES string of the molecule is NS(=O)(=O)OCCS(=O)(=O)CCOS(N)(=O)=O. The van der Waals surface area contributed by atoms with Gasteiger partial charge < -0.3 is 0 Å². The highest BCUT2D eigenvalue weighted by Gasteiger charge is 2.14. The zero-order chi connectivity index (χ0) is 13.7. The average molecular weight is 312 g/mol. The van der Waals surface area contributed by atoms with Gasteiger partial charge in [-0.05, 0) is 0 Å². The Labute approximate surface area is 99.3 Å². The van der Waals surface area contributed by atoms with Gasteiger partial charge in [-0.2, -0.15) is 16.8 Å². The van der Waals surface area contributed by atoms with Gasteiger partial charge in [-0.25, -0.2) is 18.7 Å². The van der Waals surface area contributed by atoms with Gasteiger partial charge in [0.05, 0.1) is 24.7 Å². The summed E-state index contributed by atoms with van der Waals surface area (Å²) in [6.45, 7) is -1.31. The van der Waals surface area contributed by atoms with Crippen molar-refractivity contribution in [2.24, 2.45) is 10.3 Å². The van der Waals surface area contributed by atoms with Crippen molar-refractivity contribution in [2.45, 2.75) is 0 Å². The lowest BCUT2D eigenvalue weighted by Crippen LogP contribution is -2.25. The third-order valence-corrected chi connectivity index (χ3v) is 3.85. The van der Waals surface area contributed by atoms with Crippen LogP contribution in [0.25, 0.3) is 0 Å². The minimum Gasteiger partial charge on any atom is -0.257 e. The van der Waals surface area contributed by atoms with Crippen molar-refractivity contribution in [2.75, 3.05) is 24.7 Å². The number of rotatable bonds is 8. The molecule has 0 heterocycles. The van der Waals surface area contributed by atoms with E-state index in [0.717, 1.165) is 0 Å². The van der Waals surface area contributed by atoms with E-state index in [0.29, 0.717) is 0 Å². The van der Waals surface area contributed by atoms with E-state index in [1.54, 1.807) is 0 Å². The molecule has 0 unspecified atom stereocenters. The highest BCUT2D eigenvalue weighted by molar-refractivity contribution is 7.91. The molecule has 104 valence electrons. The molecule has 0 amide bonds. The van der Waals surface area contributed by atoms with Crippen LogP contribution in [0.1, 0.15) is 0 Å². The molecule has 0 radical (unpaired) electrons. The van der Waals surface area contributed by atoms with Gasteiger partial charge in [0.2, 0.25) is 0 Å². The Bertz CT molecular complexity index is 487. The molecule has 0 saturated heterocycles. The summed E-state index contributed by atoms with van der Waals surface area (Å²) in [5, 5.41) is 8.91. The Morgan fingerprint density at radius 1 is 0.706 bits per heavy atom. The summed E-state index contributed by atoms with van der Waals surface area (Å²) in [6, 6.07) is 0. The van der Waals surface area contributed by atoms with Crippen molar-refractivity contribution in [3.8, 4) is 0 Å². The van der Waals surface area contributed by atoms with Crippen LogP contribution < -0.4 is 10.3 Å². The molecule has 0 bridgehead atoms. The second-order valence-corrected chi connectivity index (χ2v) is 7.53. The van der Waals surface area contributed by atoms with E-state index in [4.69, 9.17) is 0 Å². The summed E-state index contributed by atoms with van der Waals surface area (Å²) in [7, 11) is -12.1. The van der Waals surface area contributed by atoms with Crippen molar-refractivity contribution >= 4 is 30.4 Å². The molecule has 0 aliphatic carbocycles. The molecular formula is C4H12N2O8S3. The second kappa shape index (κ2) is 6.03. The number of hydrogen-bond donors (Lipinski definition) is 2. The molecule has 0 aromatic heterocycles. The van der Waals surface area contributed by atoms with E-state index < -0.39 is 55.2 Å². The van der Waals surface area contributed by atoms with Gasteiger partial charge in [0.1, 0.15) is 0 Å². The Balaban J connectivity index is 4.06. The van der Waals surface area contributed by atoms with Crippen LogP contribution in [0.5, 0.6) is 0 Å². The largest absolute Gasteiger partial charge is 0.333 e. The van der Waals surface area contributed by atoms with Crippen LogP contribution >= 0.6 is 0 Å². The first-order chi connectivity index (χ1) is 7.41. The summed E-state index contributed by atoms with van der Waals surface area (Å²) in [4.78, 5) is 0. The fourth-order valence-electron chi connectivity index (χ4n) is 0.656. The van der Waals surface area contributed by atoms with E-state index in [2.05, 4.69) is 18.6 Å². The molecule has 4 N–H and O–H groups in total. The average Bonchev–Trinajstić information content (AvgIpc) is 1.96. The molecule has 10 nitrogen and oxygen atoms in total. The summed E-state index contributed by atoms with van der Waals surface area (Å²) in [6.07, 6.45) is 0. The molecule has 0 aromatic rings. The summed E-state index contributed by atoms with van der Waals surface area (Å²) in [5.41, 5.74) is 0. The predicted octanol–water partition coefficient (Wildman–Crippen LogP) is -3.16. The van der Waals surface area contributed by atoms with Crippen molar-refractivity contribution < 1.29 is 33.6 Å². The Kier molecular flexibility index (Phi) is 5.92. The van der Waals surface area contributed by atoms with Gasteiger partial charge in [-0.15, -0.1) is 0 Å². The maximum atomic E-state index is 11.2. The first kappa shape index (κ1) is 16.7. The van der Waals surface area contributed by atoms with Crippen LogP contribution in [0.4, 0.5) is 0 Å². The van der Waals surface area contributed by atoms with E-state index in [1.165, 1.54) is 0 Å². The third kappa shape index (κ3) is 11.9. The molecule has 0 aliphatic heterocycles. The van der Waals surface area contributed by atoms with Crippen molar-refractivity contribution in [1.82, 2.24) is 0 Å². The Morgan fingerprint density at radius 3 is 1.24 bits per heavy atom. The van der Waals surface area contributed by atoms with Crippen LogP contribution in [0.15, 0.2) is 0 Å². The molecule has 0 rings (SSSR count). The van der Waals surface area contributed by atoms with Crippen LogP contribution in [0.3, 0.4) is 0 Å². The fourth-order valence-corrected chi connectivity index (χ4v) is 2.38. The molecule has 0 atom stereocenters. The number of nitrogens with two attached hydrogens (primary N) is 2. The predicted molar refractivity (Wildman–Crippen MR) is 56.8 cm³/mol. The summed E-state index contributed by atoms with van der Waals surface area (Å²) >= 11 is 0. The number of hydrogen-bond acceptors (Lipinski definition) is 8. The lowest BCUT2D eigenvalue weighted by Gasteiger charge is -2.04. The highest BCUT2D eigenvalue weighted by atomic mass is 32.2. The maximum Gasteiger partial charge on any atom is 0.333 e. The van der Waals surface area contributed by atoms with Crippen LogP contribution in [0.2, 0.25) is 0 Å². The maximum absolute atomic E-state index is 11.2. The molecule has 0 fully saturated rings. The van der Waals surface area contributed by atoms with Gasteiger partial charge in [0.15, 0.2) is 9.84 Å². The second-order valence-electron chi connectivity index (χ2n) is 2.78. The van der Waals surface area contributed by atoms with Crippen LogP contribution in [0, 0.1) is 0 Å². The molecule has 0 spiro atoms. The molecule has 0 aromatic carbocycles. The van der Waals surface area contributed by atoms with E-state index in [-0.39, 0.29) is 0 Å². The van der Waals surface area contributed by atoms with Crippen molar-refractivity contribution in [1.29, 1.82) is 0 Å². The number of sulfone groups is 1. The van der Waals surface area contributed by atoms with Gasteiger partial charge in [0, 0.05) is 0 Å². The fraction of sp³-hybridized carbons (Fsp3) is 1.00. The first-order valence-electron chi connectivity index (χ1n) is 3.96.